The molecule has 3 rings (SSSR count). The highest BCUT2D eigenvalue weighted by Crippen LogP contribution is 2.32. The number of allylic oxidation sites excluding steroid dienone is 2. The summed E-state index contributed by atoms with van der Waals surface area (Å²) < 4.78 is 5.61. The van der Waals surface area contributed by atoms with Crippen molar-refractivity contribution < 1.29 is 9.57 Å². The molecule has 0 spiro atoms. The lowest BCUT2D eigenvalue weighted by molar-refractivity contribution is 0.0333. The van der Waals surface area contributed by atoms with E-state index in [1.165, 1.54) is 22.3 Å². The number of nitrogens with one attached hydrogen (secondary N) is 2. The topological polar surface area (TPSA) is 57.6 Å². The monoisotopic (exact) mass is 351 g/mol. The molecule has 0 fully saturated rings. The van der Waals surface area contributed by atoms with Crippen molar-refractivity contribution >= 4 is 6.02 Å². The first kappa shape index (κ1) is 18.0. The van der Waals surface area contributed by atoms with Gasteiger partial charge in [-0.25, -0.2) is 0 Å². The van der Waals surface area contributed by atoms with Crippen molar-refractivity contribution in [1.82, 2.24) is 10.4 Å². The molecule has 0 atom stereocenters. The van der Waals surface area contributed by atoms with Crippen LogP contribution in [-0.4, -0.2) is 24.1 Å². The van der Waals surface area contributed by atoms with E-state index in [9.17, 15) is 0 Å². The second-order valence-corrected chi connectivity index (χ2v) is 6.25. The fourth-order valence-corrected chi connectivity index (χ4v) is 2.95. The minimum atomic E-state index is 0.169. The van der Waals surface area contributed by atoms with Crippen molar-refractivity contribution in [2.24, 2.45) is 0 Å². The number of fused-ring (bicyclic) bond motifs is 3. The Balaban J connectivity index is 1.65. The van der Waals surface area contributed by atoms with Crippen LogP contribution in [-0.2, 0) is 22.7 Å². The fourth-order valence-electron chi connectivity index (χ4n) is 2.95. The molecule has 0 bridgehead atoms. The van der Waals surface area contributed by atoms with E-state index >= 15 is 0 Å². The highest BCUT2D eigenvalue weighted by molar-refractivity contribution is 5.76. The Morgan fingerprint density at radius 2 is 1.62 bits per heavy atom. The first-order valence-corrected chi connectivity index (χ1v) is 8.82. The maximum atomic E-state index is 8.34. The lowest BCUT2D eigenvalue weighted by Gasteiger charge is -2.23. The standard InChI is InChI=1S/C21H25N3O2/c1-3-16(2)23-26-13-12-25-21(22)24-14-17-8-4-6-10-19(17)20-11-7-5-9-18(20)15-24/h3-11,22-23H,12-15H2,1-2H3. The second kappa shape index (κ2) is 8.54. The number of hydrogen-bond acceptors (Lipinski definition) is 4. The Kier molecular flexibility index (Phi) is 5.92. The zero-order valence-electron chi connectivity index (χ0n) is 15.3. The smallest absolute Gasteiger partial charge is 0.285 e. The summed E-state index contributed by atoms with van der Waals surface area (Å²) in [4.78, 5) is 7.26. The number of amidine groups is 1. The number of nitrogens with zero attached hydrogens (tertiary/aromatic N) is 1. The van der Waals surface area contributed by atoms with Gasteiger partial charge >= 0.3 is 0 Å². The summed E-state index contributed by atoms with van der Waals surface area (Å²) >= 11 is 0. The van der Waals surface area contributed by atoms with Crippen LogP contribution in [0, 0.1) is 5.41 Å². The van der Waals surface area contributed by atoms with Crippen LogP contribution >= 0.6 is 0 Å². The van der Waals surface area contributed by atoms with Crippen LogP contribution in [0.1, 0.15) is 25.0 Å². The van der Waals surface area contributed by atoms with E-state index in [1.54, 1.807) is 0 Å². The number of ether oxygens (including phenoxy) is 1. The van der Waals surface area contributed by atoms with Crippen molar-refractivity contribution in [2.75, 3.05) is 13.2 Å². The summed E-state index contributed by atoms with van der Waals surface area (Å²) in [6.07, 6.45) is 1.93. The van der Waals surface area contributed by atoms with Gasteiger partial charge in [0.2, 0.25) is 0 Å². The minimum Gasteiger partial charge on any atom is -0.463 e. The lowest BCUT2D eigenvalue weighted by Crippen LogP contribution is -2.32. The van der Waals surface area contributed by atoms with Crippen LogP contribution in [0.4, 0.5) is 0 Å². The predicted octanol–water partition coefficient (Wildman–Crippen LogP) is 4.07. The molecule has 2 aromatic rings. The van der Waals surface area contributed by atoms with Crippen molar-refractivity contribution in [3.63, 3.8) is 0 Å². The maximum Gasteiger partial charge on any atom is 0.285 e. The molecular weight excluding hydrogens is 326 g/mol. The van der Waals surface area contributed by atoms with Crippen LogP contribution in [0.25, 0.3) is 11.1 Å². The zero-order chi connectivity index (χ0) is 18.4. The maximum absolute atomic E-state index is 8.34. The quantitative estimate of drug-likeness (QED) is 0.369. The van der Waals surface area contributed by atoms with Crippen molar-refractivity contribution in [2.45, 2.75) is 26.9 Å². The van der Waals surface area contributed by atoms with E-state index in [1.807, 2.05) is 37.0 Å². The molecule has 5 nitrogen and oxygen atoms in total. The van der Waals surface area contributed by atoms with E-state index in [2.05, 4.69) is 41.9 Å². The molecule has 1 aliphatic heterocycles. The molecule has 1 heterocycles. The van der Waals surface area contributed by atoms with Gasteiger partial charge in [0.15, 0.2) is 0 Å². The van der Waals surface area contributed by atoms with Crippen molar-refractivity contribution in [1.29, 1.82) is 5.41 Å². The van der Waals surface area contributed by atoms with Crippen molar-refractivity contribution in [3.05, 3.63) is 71.4 Å². The molecule has 0 aliphatic carbocycles. The third-order valence-electron chi connectivity index (χ3n) is 4.42. The van der Waals surface area contributed by atoms with Gasteiger partial charge in [-0.2, -0.15) is 0 Å². The Bertz CT molecular complexity index is 754. The summed E-state index contributed by atoms with van der Waals surface area (Å²) in [5, 5.41) is 8.34. The van der Waals surface area contributed by atoms with E-state index in [0.717, 1.165) is 5.70 Å². The molecule has 2 N–H and O–H groups in total. The molecule has 1 aliphatic rings. The Morgan fingerprint density at radius 1 is 1.04 bits per heavy atom. The van der Waals surface area contributed by atoms with Crippen LogP contribution in [0.2, 0.25) is 0 Å². The van der Waals surface area contributed by atoms with Crippen LogP contribution in [0.3, 0.4) is 0 Å². The third-order valence-corrected chi connectivity index (χ3v) is 4.42. The molecule has 0 saturated carbocycles. The number of hydrogen-bond donors (Lipinski definition) is 2. The molecule has 26 heavy (non-hydrogen) atoms. The minimum absolute atomic E-state index is 0.169. The summed E-state index contributed by atoms with van der Waals surface area (Å²) in [7, 11) is 0. The molecule has 0 unspecified atom stereocenters. The van der Waals surface area contributed by atoms with Gasteiger partial charge in [-0.1, -0.05) is 54.6 Å². The van der Waals surface area contributed by atoms with Gasteiger partial charge in [-0.15, -0.1) is 0 Å². The summed E-state index contributed by atoms with van der Waals surface area (Å²) in [6.45, 7) is 5.86. The molecule has 0 saturated heterocycles. The van der Waals surface area contributed by atoms with Gasteiger partial charge in [0.25, 0.3) is 6.02 Å². The first-order valence-electron chi connectivity index (χ1n) is 8.82. The van der Waals surface area contributed by atoms with Crippen LogP contribution in [0.5, 0.6) is 0 Å². The highest BCUT2D eigenvalue weighted by atomic mass is 16.7. The SMILES string of the molecule is CC=C(C)NOCCOC(=N)N1Cc2ccccc2-c2ccccc2C1. The molecule has 2 aromatic carbocycles. The fraction of sp³-hybridized carbons (Fsp3) is 0.286. The number of hydroxylamine groups is 1. The zero-order valence-corrected chi connectivity index (χ0v) is 15.3. The van der Waals surface area contributed by atoms with Gasteiger partial charge in [0, 0.05) is 18.8 Å². The average molecular weight is 351 g/mol. The Labute approximate surface area is 154 Å². The van der Waals surface area contributed by atoms with E-state index in [4.69, 9.17) is 15.0 Å². The number of benzene rings is 2. The Morgan fingerprint density at radius 3 is 2.19 bits per heavy atom. The third kappa shape index (κ3) is 4.24. The normalized spacial score (nSPS) is 13.5. The molecular formula is C21H25N3O2. The molecule has 136 valence electrons. The van der Waals surface area contributed by atoms with Gasteiger partial charge in [0.05, 0.1) is 0 Å². The molecule has 0 aromatic heterocycles. The molecule has 5 heteroatoms. The summed E-state index contributed by atoms with van der Waals surface area (Å²) in [5.41, 5.74) is 8.63. The summed E-state index contributed by atoms with van der Waals surface area (Å²) in [6, 6.07) is 16.9. The van der Waals surface area contributed by atoms with Gasteiger partial charge in [0.1, 0.15) is 13.2 Å². The average Bonchev–Trinajstić information content (AvgIpc) is 2.84. The van der Waals surface area contributed by atoms with Crippen LogP contribution in [0.15, 0.2) is 60.3 Å². The van der Waals surface area contributed by atoms with E-state index in [-0.39, 0.29) is 6.02 Å². The van der Waals surface area contributed by atoms with Gasteiger partial charge < -0.3 is 9.64 Å². The first-order chi connectivity index (χ1) is 12.7. The summed E-state index contributed by atoms with van der Waals surface area (Å²) in [5.74, 6) is 0. The molecule has 0 radical (unpaired) electrons. The largest absolute Gasteiger partial charge is 0.463 e. The lowest BCUT2D eigenvalue weighted by atomic mass is 9.97. The number of rotatable bonds is 5. The predicted molar refractivity (Wildman–Crippen MR) is 103 cm³/mol. The Hall–Kier alpha value is -2.79. The van der Waals surface area contributed by atoms with Crippen molar-refractivity contribution in [3.8, 4) is 11.1 Å². The van der Waals surface area contributed by atoms with Crippen LogP contribution < -0.4 is 5.48 Å². The molecule has 0 amide bonds. The second-order valence-electron chi connectivity index (χ2n) is 6.25. The highest BCUT2D eigenvalue weighted by Gasteiger charge is 2.21. The van der Waals surface area contributed by atoms with E-state index < -0.39 is 0 Å². The van der Waals surface area contributed by atoms with Gasteiger partial charge in [-0.3, -0.25) is 15.7 Å². The van der Waals surface area contributed by atoms with Gasteiger partial charge in [-0.05, 0) is 36.1 Å². The van der Waals surface area contributed by atoms with E-state index in [0.29, 0.717) is 26.3 Å².